The minimum atomic E-state index is -4.32. The maximum Gasteiger partial charge on any atom is 0.416 e. The van der Waals surface area contributed by atoms with Crippen LogP contribution in [0.2, 0.25) is 0 Å². The van der Waals surface area contributed by atoms with Crippen molar-refractivity contribution in [1.29, 1.82) is 0 Å². The largest absolute Gasteiger partial charge is 0.416 e. The van der Waals surface area contributed by atoms with Gasteiger partial charge in [-0.15, -0.1) is 0 Å². The number of aryl methyl sites for hydroxylation is 2. The fraction of sp³-hybridized carbons (Fsp3) is 0.250. The van der Waals surface area contributed by atoms with E-state index in [1.807, 2.05) is 31.2 Å². The fourth-order valence-corrected chi connectivity index (χ4v) is 2.24. The Hall–Kier alpha value is -1.81. The van der Waals surface area contributed by atoms with E-state index in [-0.39, 0.29) is 0 Å². The smallest absolute Gasteiger partial charge is 0.320 e. The van der Waals surface area contributed by atoms with Crippen molar-refractivity contribution in [3.63, 3.8) is 0 Å². The molecule has 20 heavy (non-hydrogen) atoms. The SMILES string of the molecule is Cc1cccc(C(N)c2ccc(C(F)(F)F)cc2C)c1. The van der Waals surface area contributed by atoms with Gasteiger partial charge in [0, 0.05) is 0 Å². The second-order valence-electron chi connectivity index (χ2n) is 4.96. The van der Waals surface area contributed by atoms with Crippen LogP contribution in [0.4, 0.5) is 13.2 Å². The van der Waals surface area contributed by atoms with Gasteiger partial charge < -0.3 is 5.73 Å². The third-order valence-electron chi connectivity index (χ3n) is 3.33. The minimum Gasteiger partial charge on any atom is -0.320 e. The second kappa shape index (κ2) is 5.29. The lowest BCUT2D eigenvalue weighted by Crippen LogP contribution is -2.14. The second-order valence-corrected chi connectivity index (χ2v) is 4.96. The van der Waals surface area contributed by atoms with E-state index in [4.69, 9.17) is 5.73 Å². The number of alkyl halides is 3. The number of nitrogens with two attached hydrogens (primary N) is 1. The lowest BCUT2D eigenvalue weighted by molar-refractivity contribution is -0.137. The summed E-state index contributed by atoms with van der Waals surface area (Å²) >= 11 is 0. The summed E-state index contributed by atoms with van der Waals surface area (Å²) < 4.78 is 37.9. The first-order valence-corrected chi connectivity index (χ1v) is 6.29. The van der Waals surface area contributed by atoms with Crippen molar-refractivity contribution >= 4 is 0 Å². The Morgan fingerprint density at radius 1 is 1.00 bits per heavy atom. The summed E-state index contributed by atoms with van der Waals surface area (Å²) in [5, 5.41) is 0. The minimum absolute atomic E-state index is 0.419. The summed E-state index contributed by atoms with van der Waals surface area (Å²) in [4.78, 5) is 0. The van der Waals surface area contributed by atoms with Crippen molar-refractivity contribution < 1.29 is 13.2 Å². The van der Waals surface area contributed by atoms with Crippen molar-refractivity contribution in [3.8, 4) is 0 Å². The zero-order valence-corrected chi connectivity index (χ0v) is 11.3. The van der Waals surface area contributed by atoms with Gasteiger partial charge in [-0.25, -0.2) is 0 Å². The quantitative estimate of drug-likeness (QED) is 0.868. The van der Waals surface area contributed by atoms with Gasteiger partial charge in [0.25, 0.3) is 0 Å². The van der Waals surface area contributed by atoms with E-state index < -0.39 is 17.8 Å². The molecule has 0 heterocycles. The maximum absolute atomic E-state index is 12.6. The average molecular weight is 279 g/mol. The van der Waals surface area contributed by atoms with Gasteiger partial charge in [0.1, 0.15) is 0 Å². The van der Waals surface area contributed by atoms with Crippen LogP contribution in [0.15, 0.2) is 42.5 Å². The number of hydrogen-bond donors (Lipinski definition) is 1. The van der Waals surface area contributed by atoms with Gasteiger partial charge in [-0.2, -0.15) is 13.2 Å². The van der Waals surface area contributed by atoms with E-state index in [0.29, 0.717) is 11.1 Å². The van der Waals surface area contributed by atoms with E-state index in [0.717, 1.165) is 23.3 Å². The number of hydrogen-bond acceptors (Lipinski definition) is 1. The first kappa shape index (κ1) is 14.6. The van der Waals surface area contributed by atoms with Gasteiger partial charge in [-0.05, 0) is 42.7 Å². The highest BCUT2D eigenvalue weighted by atomic mass is 19.4. The molecule has 2 aromatic carbocycles. The Kier molecular flexibility index (Phi) is 3.86. The number of halogens is 3. The molecule has 2 N–H and O–H groups in total. The van der Waals surface area contributed by atoms with Crippen molar-refractivity contribution in [1.82, 2.24) is 0 Å². The molecule has 0 spiro atoms. The van der Waals surface area contributed by atoms with Crippen molar-refractivity contribution in [3.05, 3.63) is 70.3 Å². The van der Waals surface area contributed by atoms with Crippen LogP contribution >= 0.6 is 0 Å². The van der Waals surface area contributed by atoms with Gasteiger partial charge >= 0.3 is 6.18 Å². The topological polar surface area (TPSA) is 26.0 Å². The Balaban J connectivity index is 2.38. The van der Waals surface area contributed by atoms with Gasteiger partial charge in [0.15, 0.2) is 0 Å². The molecular formula is C16H16F3N. The zero-order valence-electron chi connectivity index (χ0n) is 11.3. The molecule has 0 aliphatic heterocycles. The van der Waals surface area contributed by atoms with Crippen LogP contribution in [0, 0.1) is 13.8 Å². The average Bonchev–Trinajstić information content (AvgIpc) is 2.36. The van der Waals surface area contributed by atoms with E-state index in [1.165, 1.54) is 6.07 Å². The third-order valence-corrected chi connectivity index (χ3v) is 3.33. The molecule has 0 bridgehead atoms. The first-order chi connectivity index (χ1) is 9.29. The molecule has 1 nitrogen and oxygen atoms in total. The van der Waals surface area contributed by atoms with Crippen molar-refractivity contribution in [2.75, 3.05) is 0 Å². The van der Waals surface area contributed by atoms with Crippen LogP contribution in [-0.4, -0.2) is 0 Å². The summed E-state index contributed by atoms with van der Waals surface area (Å²) in [6, 6.07) is 10.9. The predicted molar refractivity (Wildman–Crippen MR) is 73.4 cm³/mol. The highest BCUT2D eigenvalue weighted by molar-refractivity contribution is 5.40. The fourth-order valence-electron chi connectivity index (χ4n) is 2.24. The molecule has 2 rings (SSSR count). The molecule has 1 unspecified atom stereocenters. The predicted octanol–water partition coefficient (Wildman–Crippen LogP) is 4.37. The molecule has 4 heteroatoms. The van der Waals surface area contributed by atoms with Crippen LogP contribution in [0.3, 0.4) is 0 Å². The number of rotatable bonds is 2. The summed E-state index contributed by atoms with van der Waals surface area (Å²) in [6.45, 7) is 3.61. The molecule has 0 aromatic heterocycles. The van der Waals surface area contributed by atoms with Gasteiger partial charge in [-0.1, -0.05) is 35.9 Å². The van der Waals surface area contributed by atoms with Crippen LogP contribution in [0.25, 0.3) is 0 Å². The van der Waals surface area contributed by atoms with Gasteiger partial charge in [-0.3, -0.25) is 0 Å². The van der Waals surface area contributed by atoms with Crippen molar-refractivity contribution in [2.24, 2.45) is 5.73 Å². The number of benzene rings is 2. The molecule has 2 aromatic rings. The van der Waals surface area contributed by atoms with Crippen LogP contribution in [0.1, 0.15) is 33.9 Å². The molecule has 0 fully saturated rings. The lowest BCUT2D eigenvalue weighted by atomic mass is 9.93. The van der Waals surface area contributed by atoms with E-state index in [9.17, 15) is 13.2 Å². The molecule has 106 valence electrons. The monoisotopic (exact) mass is 279 g/mol. The summed E-state index contributed by atoms with van der Waals surface area (Å²) in [5.74, 6) is 0. The van der Waals surface area contributed by atoms with E-state index in [1.54, 1.807) is 6.92 Å². The molecule has 0 saturated carbocycles. The molecule has 0 aliphatic carbocycles. The Bertz CT molecular complexity index is 617. The third kappa shape index (κ3) is 3.02. The first-order valence-electron chi connectivity index (χ1n) is 6.29. The van der Waals surface area contributed by atoms with E-state index >= 15 is 0 Å². The Labute approximate surface area is 116 Å². The summed E-state index contributed by atoms with van der Waals surface area (Å²) in [7, 11) is 0. The molecule has 0 amide bonds. The highest BCUT2D eigenvalue weighted by Crippen LogP contribution is 2.32. The Morgan fingerprint density at radius 2 is 1.70 bits per heavy atom. The molecule has 0 radical (unpaired) electrons. The molecular weight excluding hydrogens is 263 g/mol. The standard InChI is InChI=1S/C16H16F3N/c1-10-4-3-5-12(8-10)15(20)14-7-6-13(9-11(14)2)16(17,18)19/h3-9,15H,20H2,1-2H3. The Morgan fingerprint density at radius 3 is 2.25 bits per heavy atom. The van der Waals surface area contributed by atoms with E-state index in [2.05, 4.69) is 0 Å². The van der Waals surface area contributed by atoms with Crippen LogP contribution < -0.4 is 5.73 Å². The summed E-state index contributed by atoms with van der Waals surface area (Å²) in [6.07, 6.45) is -4.32. The summed E-state index contributed by atoms with van der Waals surface area (Å²) in [5.41, 5.74) is 8.75. The maximum atomic E-state index is 12.6. The van der Waals surface area contributed by atoms with Crippen LogP contribution in [0.5, 0.6) is 0 Å². The molecule has 0 aliphatic rings. The highest BCUT2D eigenvalue weighted by Gasteiger charge is 2.30. The zero-order chi connectivity index (χ0) is 14.9. The lowest BCUT2D eigenvalue weighted by Gasteiger charge is -2.17. The van der Waals surface area contributed by atoms with Crippen molar-refractivity contribution in [2.45, 2.75) is 26.1 Å². The van der Waals surface area contributed by atoms with Gasteiger partial charge in [0.2, 0.25) is 0 Å². The van der Waals surface area contributed by atoms with Gasteiger partial charge in [0.05, 0.1) is 11.6 Å². The van der Waals surface area contributed by atoms with Crippen LogP contribution in [-0.2, 0) is 6.18 Å². The molecule has 0 saturated heterocycles. The molecule has 1 atom stereocenters. The normalized spacial score (nSPS) is 13.3.